The van der Waals surface area contributed by atoms with Crippen molar-refractivity contribution in [3.63, 3.8) is 0 Å². The van der Waals surface area contributed by atoms with Gasteiger partial charge in [-0.05, 0) is 0 Å². The van der Waals surface area contributed by atoms with Crippen molar-refractivity contribution >= 4 is 24.7 Å². The Bertz CT molecular complexity index is 2050. The summed E-state index contributed by atoms with van der Waals surface area (Å²) in [7, 11) is -8.82. The van der Waals surface area contributed by atoms with Crippen LogP contribution in [0.25, 0.3) is 0 Å². The number of hydrogen-bond acceptors (Lipinski definition) is 8. The van der Waals surface area contributed by atoms with Crippen molar-refractivity contribution in [1.29, 1.82) is 0 Å². The van der Waals surface area contributed by atoms with Gasteiger partial charge < -0.3 is 0 Å². The molecule has 6 aromatic carbocycles. The quantitative estimate of drug-likeness (QED) is 0.104. The van der Waals surface area contributed by atoms with Crippen LogP contribution < -0.4 is 32.0 Å². The number of nitrogens with zero attached hydrogens (tertiary/aromatic N) is 1. The molecule has 0 unspecified atom stereocenters. The third-order valence-electron chi connectivity index (χ3n) is 7.71. The fourth-order valence-corrected chi connectivity index (χ4v) is 11.6. The average molecular weight is 767 g/mol. The van der Waals surface area contributed by atoms with E-state index in [-0.39, 0.29) is 0 Å². The first-order chi connectivity index (χ1) is 25.6. The Kier molecular flexibility index (Phi) is 12.7. The summed E-state index contributed by atoms with van der Waals surface area (Å²) in [6.07, 6.45) is 0. The van der Waals surface area contributed by atoms with Crippen LogP contribution in [0.2, 0.25) is 0 Å². The molecule has 0 aliphatic heterocycles. The van der Waals surface area contributed by atoms with E-state index in [0.29, 0.717) is 34.5 Å². The topological polar surface area (TPSA) is 79.8 Å². The number of rotatable bonds is 15. The van der Waals surface area contributed by atoms with Crippen LogP contribution in [0.15, 0.2) is 150 Å². The minimum atomic E-state index is -4.17. The third kappa shape index (κ3) is 11.6. The van der Waals surface area contributed by atoms with Crippen LogP contribution in [0, 0.1) is 41.5 Å². The van der Waals surface area contributed by atoms with Crippen molar-refractivity contribution in [2.24, 2.45) is 4.52 Å². The molecule has 0 atom stereocenters. The zero-order valence-corrected chi connectivity index (χ0v) is 33.6. The van der Waals surface area contributed by atoms with Gasteiger partial charge in [0.15, 0.2) is 0 Å². The van der Waals surface area contributed by atoms with Gasteiger partial charge in [0.05, 0.1) is 0 Å². The standard InChI is InChI=1S/C42H45N2O6P3/c1-31-13-7-19-37(25-31)45-51(46-38-20-8-14-32(2)26-38)43-53(49-41-23-11-17-35(5)29-41,50-42-24-12-18-36(6)30-42)44-52(47-39-21-9-15-33(3)27-39)48-40-22-10-16-34(4)28-40/h7-30,43,52-53H,1-6H3. The van der Waals surface area contributed by atoms with E-state index >= 15 is 0 Å². The van der Waals surface area contributed by atoms with Gasteiger partial charge in [0.1, 0.15) is 0 Å². The molecule has 0 aliphatic carbocycles. The second-order valence-electron chi connectivity index (χ2n) is 12.8. The van der Waals surface area contributed by atoms with Crippen LogP contribution in [-0.4, -0.2) is 0 Å². The maximum absolute atomic E-state index is 6.99. The molecule has 0 amide bonds. The van der Waals surface area contributed by atoms with Crippen molar-refractivity contribution in [1.82, 2.24) is 4.86 Å². The summed E-state index contributed by atoms with van der Waals surface area (Å²) in [5, 5.41) is 0. The zero-order chi connectivity index (χ0) is 37.2. The van der Waals surface area contributed by atoms with E-state index in [1.807, 2.05) is 187 Å². The van der Waals surface area contributed by atoms with Crippen molar-refractivity contribution in [3.8, 4) is 34.5 Å². The van der Waals surface area contributed by atoms with E-state index in [1.165, 1.54) is 0 Å². The van der Waals surface area contributed by atoms with Crippen LogP contribution in [0.1, 0.15) is 33.4 Å². The third-order valence-corrected chi connectivity index (χ3v) is 14.1. The van der Waals surface area contributed by atoms with Gasteiger partial charge in [-0.2, -0.15) is 0 Å². The molecule has 0 heterocycles. The molecular weight excluding hydrogens is 721 g/mol. The molecule has 0 saturated carbocycles. The molecule has 0 aromatic heterocycles. The minimum absolute atomic E-state index is 0.550. The first-order valence-electron chi connectivity index (χ1n) is 17.3. The average Bonchev–Trinajstić information content (AvgIpc) is 3.08. The Morgan fingerprint density at radius 2 is 0.736 bits per heavy atom. The van der Waals surface area contributed by atoms with Crippen LogP contribution in [0.3, 0.4) is 0 Å². The Morgan fingerprint density at radius 3 is 1.09 bits per heavy atom. The van der Waals surface area contributed by atoms with Crippen LogP contribution in [-0.2, 0) is 0 Å². The van der Waals surface area contributed by atoms with Gasteiger partial charge >= 0.3 is 316 Å². The van der Waals surface area contributed by atoms with Crippen LogP contribution in [0.5, 0.6) is 34.5 Å². The van der Waals surface area contributed by atoms with Gasteiger partial charge in [-0.3, -0.25) is 0 Å². The Morgan fingerprint density at radius 1 is 0.434 bits per heavy atom. The fraction of sp³-hybridized carbons (Fsp3) is 0.143. The first-order valence-corrected chi connectivity index (χ1v) is 21.5. The number of nitrogens with one attached hydrogen (secondary N) is 1. The van der Waals surface area contributed by atoms with Crippen LogP contribution >= 0.6 is 24.7 Å². The van der Waals surface area contributed by atoms with E-state index in [4.69, 9.17) is 31.7 Å². The molecule has 274 valence electrons. The SMILES string of the molecule is Cc1cccc(OP(N[PH](N=[PH](Oc2cccc(C)c2)Oc2cccc(C)c2)(Oc2cccc(C)c2)Oc2cccc(C)c2)Oc2cccc(C)c2)c1. The summed E-state index contributed by atoms with van der Waals surface area (Å²) in [6, 6.07) is 46.7. The summed E-state index contributed by atoms with van der Waals surface area (Å²) in [5.41, 5.74) is 6.17. The molecule has 6 rings (SSSR count). The van der Waals surface area contributed by atoms with E-state index in [0.717, 1.165) is 33.4 Å². The zero-order valence-electron chi connectivity index (χ0n) is 30.7. The van der Waals surface area contributed by atoms with Gasteiger partial charge in [0.25, 0.3) is 0 Å². The predicted octanol–water partition coefficient (Wildman–Crippen LogP) is 12.8. The predicted molar refractivity (Wildman–Crippen MR) is 220 cm³/mol. The van der Waals surface area contributed by atoms with Gasteiger partial charge in [0, 0.05) is 0 Å². The van der Waals surface area contributed by atoms with E-state index < -0.39 is 24.7 Å². The normalized spacial score (nSPS) is 11.5. The van der Waals surface area contributed by atoms with Gasteiger partial charge in [-0.1, -0.05) is 0 Å². The molecule has 11 heteroatoms. The molecule has 0 saturated heterocycles. The molecule has 0 fully saturated rings. The van der Waals surface area contributed by atoms with Gasteiger partial charge in [-0.15, -0.1) is 0 Å². The Hall–Kier alpha value is -4.83. The summed E-state index contributed by atoms with van der Waals surface area (Å²) in [4.78, 5) is 3.58. The second-order valence-corrected chi connectivity index (χ2v) is 18.0. The van der Waals surface area contributed by atoms with Crippen LogP contribution in [0.4, 0.5) is 0 Å². The first kappa shape index (κ1) is 37.9. The summed E-state index contributed by atoms with van der Waals surface area (Å²) in [5.74, 6) is 3.55. The Labute approximate surface area is 315 Å². The van der Waals surface area contributed by atoms with Crippen molar-refractivity contribution in [2.45, 2.75) is 41.5 Å². The van der Waals surface area contributed by atoms with E-state index in [1.54, 1.807) is 0 Å². The molecule has 8 nitrogen and oxygen atoms in total. The molecule has 1 N–H and O–H groups in total. The number of benzene rings is 6. The number of hydrogen-bond donors (Lipinski definition) is 1. The number of aryl methyl sites for hydroxylation is 6. The molecular formula is C42H45N2O6P3. The maximum atomic E-state index is 6.99. The molecule has 0 spiro atoms. The van der Waals surface area contributed by atoms with Gasteiger partial charge in [-0.25, -0.2) is 0 Å². The van der Waals surface area contributed by atoms with Gasteiger partial charge in [0.2, 0.25) is 0 Å². The van der Waals surface area contributed by atoms with E-state index in [9.17, 15) is 0 Å². The molecule has 0 bridgehead atoms. The molecule has 0 aliphatic rings. The molecule has 0 radical (unpaired) electrons. The monoisotopic (exact) mass is 766 g/mol. The summed E-state index contributed by atoms with van der Waals surface area (Å²) < 4.78 is 45.9. The summed E-state index contributed by atoms with van der Waals surface area (Å²) >= 11 is 0. The van der Waals surface area contributed by atoms with Crippen molar-refractivity contribution in [3.05, 3.63) is 179 Å². The van der Waals surface area contributed by atoms with Crippen molar-refractivity contribution < 1.29 is 27.1 Å². The van der Waals surface area contributed by atoms with Crippen molar-refractivity contribution in [2.75, 3.05) is 0 Å². The Balaban J connectivity index is 1.54. The van der Waals surface area contributed by atoms with E-state index in [2.05, 4.69) is 4.86 Å². The second kappa shape index (κ2) is 17.8. The molecule has 53 heavy (non-hydrogen) atoms. The molecule has 6 aromatic rings. The fourth-order valence-electron chi connectivity index (χ4n) is 5.28. The summed E-state index contributed by atoms with van der Waals surface area (Å²) in [6.45, 7) is 12.1.